The topological polar surface area (TPSA) is 120 Å². The Morgan fingerprint density at radius 3 is 1.48 bits per heavy atom. The van der Waals surface area contributed by atoms with Gasteiger partial charge in [-0.3, -0.25) is 0 Å². The van der Waals surface area contributed by atoms with E-state index in [0.717, 1.165) is 48.8 Å². The summed E-state index contributed by atoms with van der Waals surface area (Å²) in [6.07, 6.45) is 34.6. The van der Waals surface area contributed by atoms with Crippen LogP contribution in [0, 0.1) is 22.7 Å². The SMILES string of the molecule is CC1=C(/C=C/C(C)=C/C=C/C(C)=C/C=C/C=C(C)/C=C/C=C(C)/C=C/C2=C(C)CCC(C/C=C(\C)CO[C@@H]3O[C@H](CO)[C@@H](O)[C@H](O)[C@H]3O)C2(C)C)C(C)(C)C(C/C=C(\C)CO)CC1. The van der Waals surface area contributed by atoms with Gasteiger partial charge in [-0.1, -0.05) is 169 Å². The fourth-order valence-electron chi connectivity index (χ4n) is 8.85. The number of aliphatic hydroxyl groups excluding tert-OH is 5. The van der Waals surface area contributed by atoms with Crippen LogP contribution in [-0.2, 0) is 9.47 Å². The van der Waals surface area contributed by atoms with Gasteiger partial charge in [0.15, 0.2) is 6.29 Å². The van der Waals surface area contributed by atoms with Gasteiger partial charge < -0.3 is 35.0 Å². The number of hydrogen-bond donors (Lipinski definition) is 5. The molecule has 3 rings (SSSR count). The minimum Gasteiger partial charge on any atom is -0.394 e. The van der Waals surface area contributed by atoms with Crippen molar-refractivity contribution in [1.82, 2.24) is 0 Å². The summed E-state index contributed by atoms with van der Waals surface area (Å²) in [7, 11) is 0. The van der Waals surface area contributed by atoms with Crippen LogP contribution < -0.4 is 0 Å². The summed E-state index contributed by atoms with van der Waals surface area (Å²) in [4.78, 5) is 0. The van der Waals surface area contributed by atoms with Gasteiger partial charge in [-0.25, -0.2) is 0 Å². The van der Waals surface area contributed by atoms with E-state index in [1.807, 2.05) is 13.8 Å². The number of ether oxygens (including phenoxy) is 2. The van der Waals surface area contributed by atoms with Crippen molar-refractivity contribution in [3.8, 4) is 0 Å². The highest BCUT2D eigenvalue weighted by molar-refractivity contribution is 5.40. The van der Waals surface area contributed by atoms with Crippen molar-refractivity contribution in [3.05, 3.63) is 153 Å². The van der Waals surface area contributed by atoms with Gasteiger partial charge in [0.2, 0.25) is 0 Å². The largest absolute Gasteiger partial charge is 0.394 e. The maximum Gasteiger partial charge on any atom is 0.187 e. The molecule has 0 radical (unpaired) electrons. The first-order valence-corrected chi connectivity index (χ1v) is 23.0. The molecule has 0 aromatic carbocycles. The zero-order valence-corrected chi connectivity index (χ0v) is 40.7. The van der Waals surface area contributed by atoms with Crippen molar-refractivity contribution >= 4 is 0 Å². The quantitative estimate of drug-likeness (QED) is 0.0648. The summed E-state index contributed by atoms with van der Waals surface area (Å²) in [5, 5.41) is 49.3. The van der Waals surface area contributed by atoms with Crippen LogP contribution in [0.1, 0.15) is 122 Å². The second-order valence-electron chi connectivity index (χ2n) is 19.5. The zero-order valence-electron chi connectivity index (χ0n) is 40.7. The number of hydrogen-bond acceptors (Lipinski definition) is 7. The Balaban J connectivity index is 1.51. The molecule has 1 aliphatic heterocycles. The Bertz CT molecular complexity index is 1930. The maximum absolute atomic E-state index is 10.3. The molecule has 1 saturated heterocycles. The molecule has 0 aromatic heterocycles. The molecule has 2 unspecified atom stereocenters. The first-order chi connectivity index (χ1) is 29.7. The van der Waals surface area contributed by atoms with Crippen LogP contribution >= 0.6 is 0 Å². The van der Waals surface area contributed by atoms with Gasteiger partial charge in [0.25, 0.3) is 0 Å². The van der Waals surface area contributed by atoms with Crippen LogP contribution in [0.2, 0.25) is 0 Å². The molecule has 348 valence electrons. The van der Waals surface area contributed by atoms with Crippen LogP contribution in [0.4, 0.5) is 0 Å². The molecule has 1 heterocycles. The molecule has 0 spiro atoms. The van der Waals surface area contributed by atoms with Gasteiger partial charge in [0.05, 0.1) is 19.8 Å². The van der Waals surface area contributed by atoms with Crippen molar-refractivity contribution < 1.29 is 35.0 Å². The second kappa shape index (κ2) is 25.7. The van der Waals surface area contributed by atoms with Crippen molar-refractivity contribution in [2.75, 3.05) is 19.8 Å². The van der Waals surface area contributed by atoms with Gasteiger partial charge in [0, 0.05) is 0 Å². The van der Waals surface area contributed by atoms with E-state index in [1.165, 1.54) is 45.4 Å². The number of rotatable bonds is 19. The predicted octanol–water partition coefficient (Wildman–Crippen LogP) is 11.5. The highest BCUT2D eigenvalue weighted by atomic mass is 16.7. The lowest BCUT2D eigenvalue weighted by Crippen LogP contribution is -2.59. The third kappa shape index (κ3) is 16.4. The Morgan fingerprint density at radius 1 is 0.603 bits per heavy atom. The number of aliphatic hydroxyl groups is 5. The van der Waals surface area contributed by atoms with Crippen LogP contribution in [0.15, 0.2) is 153 Å². The first kappa shape index (κ1) is 53.7. The molecule has 5 N–H and O–H groups in total. The highest BCUT2D eigenvalue weighted by Crippen LogP contribution is 2.48. The lowest BCUT2D eigenvalue weighted by Gasteiger charge is -2.41. The van der Waals surface area contributed by atoms with Gasteiger partial charge >= 0.3 is 0 Å². The number of allylic oxidation sites excluding steroid dienone is 24. The monoisotopic (exact) mass is 867 g/mol. The van der Waals surface area contributed by atoms with E-state index >= 15 is 0 Å². The fourth-order valence-corrected chi connectivity index (χ4v) is 8.85. The lowest BCUT2D eigenvalue weighted by molar-refractivity contribution is -0.299. The normalized spacial score (nSPS) is 28.7. The Kier molecular flexibility index (Phi) is 21.9. The standard InChI is InChI=1S/C56H82O7/c1-38(19-15-21-40(3)25-33-48-44(7)27-31-46(55(48,9)10)29-23-42(5)35-57)17-13-14-18-39(2)20-16-22-41(4)26-34-49-45(8)28-32-47(56(49,11)12)30-24-43(6)37-62-54-53(61)52(60)51(59)50(36-58)63-54/h13-26,33-34,46-47,50-54,57-61H,27-32,35-37H2,1-12H3/b14-13+,19-15+,20-16+,33-25+,34-26+,38-17+,39-18+,40-21+,41-22+,42-23+,43-24+/t46?,47?,50-,51-,52+,53-,54-/m1/s1. The zero-order chi connectivity index (χ0) is 46.9. The summed E-state index contributed by atoms with van der Waals surface area (Å²) in [5.74, 6) is 0.999. The molecule has 0 saturated carbocycles. The fraction of sp³-hybridized carbons (Fsp3) is 0.536. The van der Waals surface area contributed by atoms with Crippen molar-refractivity contribution in [3.63, 3.8) is 0 Å². The highest BCUT2D eigenvalue weighted by Gasteiger charge is 2.44. The first-order valence-electron chi connectivity index (χ1n) is 23.0. The Labute approximate surface area is 381 Å². The molecule has 3 aliphatic rings. The maximum atomic E-state index is 10.3. The summed E-state index contributed by atoms with van der Waals surface area (Å²) >= 11 is 0. The van der Waals surface area contributed by atoms with E-state index in [4.69, 9.17) is 9.47 Å². The van der Waals surface area contributed by atoms with Gasteiger partial charge in [-0.05, 0) is 128 Å². The van der Waals surface area contributed by atoms with Gasteiger partial charge in [-0.15, -0.1) is 0 Å². The molecule has 7 heteroatoms. The van der Waals surface area contributed by atoms with Crippen LogP contribution in [0.3, 0.4) is 0 Å². The van der Waals surface area contributed by atoms with E-state index in [-0.39, 0.29) is 24.0 Å². The average molecular weight is 867 g/mol. The van der Waals surface area contributed by atoms with Crippen LogP contribution in [0.5, 0.6) is 0 Å². The summed E-state index contributed by atoms with van der Waals surface area (Å²) in [6, 6.07) is 0. The minimum absolute atomic E-state index is 0.0288. The molecular formula is C56H82O7. The van der Waals surface area contributed by atoms with Crippen LogP contribution in [0.25, 0.3) is 0 Å². The third-order valence-corrected chi connectivity index (χ3v) is 13.5. The molecule has 0 bridgehead atoms. The van der Waals surface area contributed by atoms with Gasteiger partial charge in [-0.2, -0.15) is 0 Å². The van der Waals surface area contributed by atoms with E-state index in [0.29, 0.717) is 11.8 Å². The Morgan fingerprint density at radius 2 is 1.03 bits per heavy atom. The molecule has 7 nitrogen and oxygen atoms in total. The molecule has 7 atom stereocenters. The summed E-state index contributed by atoms with van der Waals surface area (Å²) < 4.78 is 11.3. The molecule has 2 aliphatic carbocycles. The van der Waals surface area contributed by atoms with Crippen molar-refractivity contribution in [1.29, 1.82) is 0 Å². The Hall–Kier alpha value is -3.66. The predicted molar refractivity (Wildman–Crippen MR) is 263 cm³/mol. The molecule has 1 fully saturated rings. The summed E-state index contributed by atoms with van der Waals surface area (Å²) in [6.45, 7) is 26.2. The molecule has 0 aromatic rings. The van der Waals surface area contributed by atoms with Crippen molar-refractivity contribution in [2.24, 2.45) is 22.7 Å². The summed E-state index contributed by atoms with van der Waals surface area (Å²) in [5.41, 5.74) is 12.6. The molecule has 0 amide bonds. The minimum atomic E-state index is -1.45. The lowest BCUT2D eigenvalue weighted by atomic mass is 9.64. The second-order valence-corrected chi connectivity index (χ2v) is 19.5. The average Bonchev–Trinajstić information content (AvgIpc) is 3.22. The third-order valence-electron chi connectivity index (χ3n) is 13.5. The van der Waals surface area contributed by atoms with E-state index in [2.05, 4.69) is 166 Å². The molecule has 63 heavy (non-hydrogen) atoms. The molecular weight excluding hydrogens is 785 g/mol. The smallest absolute Gasteiger partial charge is 0.187 e. The van der Waals surface area contributed by atoms with E-state index in [9.17, 15) is 25.5 Å². The van der Waals surface area contributed by atoms with E-state index in [1.54, 1.807) is 0 Å². The van der Waals surface area contributed by atoms with Crippen LogP contribution in [-0.4, -0.2) is 76.1 Å². The van der Waals surface area contributed by atoms with Crippen molar-refractivity contribution in [2.45, 2.75) is 152 Å². The van der Waals surface area contributed by atoms with Gasteiger partial charge in [0.1, 0.15) is 24.4 Å². The van der Waals surface area contributed by atoms with E-state index < -0.39 is 37.3 Å².